The minimum absolute atomic E-state index is 0.238. The summed E-state index contributed by atoms with van der Waals surface area (Å²) in [6, 6.07) is 8.55. The summed E-state index contributed by atoms with van der Waals surface area (Å²) in [5.74, 6) is 0.471. The molecule has 0 saturated heterocycles. The second kappa shape index (κ2) is 5.08. The van der Waals surface area contributed by atoms with Crippen LogP contribution in [0.3, 0.4) is 0 Å². The molecule has 4 heteroatoms. The molecule has 1 aliphatic heterocycles. The summed E-state index contributed by atoms with van der Waals surface area (Å²) in [7, 11) is 0. The number of fused-ring (bicyclic) bond motifs is 1. The van der Waals surface area contributed by atoms with Crippen LogP contribution in [0.2, 0.25) is 0 Å². The second-order valence-corrected chi connectivity index (χ2v) is 5.32. The van der Waals surface area contributed by atoms with Gasteiger partial charge >= 0.3 is 0 Å². The fourth-order valence-corrected chi connectivity index (χ4v) is 3.14. The highest BCUT2D eigenvalue weighted by atomic mass is 32.1. The van der Waals surface area contributed by atoms with E-state index in [0.717, 1.165) is 13.0 Å². The molecule has 0 bridgehead atoms. The van der Waals surface area contributed by atoms with Gasteiger partial charge in [-0.3, -0.25) is 0 Å². The van der Waals surface area contributed by atoms with Gasteiger partial charge in [0.15, 0.2) is 0 Å². The van der Waals surface area contributed by atoms with Crippen LogP contribution in [0.4, 0.5) is 4.39 Å². The van der Waals surface area contributed by atoms with Gasteiger partial charge in [0.1, 0.15) is 18.2 Å². The van der Waals surface area contributed by atoms with Crippen molar-refractivity contribution in [1.29, 1.82) is 0 Å². The van der Waals surface area contributed by atoms with Gasteiger partial charge in [0.25, 0.3) is 0 Å². The Bertz CT molecular complexity index is 523. The van der Waals surface area contributed by atoms with Gasteiger partial charge in [0.2, 0.25) is 0 Å². The zero-order valence-electron chi connectivity index (χ0n) is 9.86. The third-order valence-corrected chi connectivity index (χ3v) is 4.12. The maximum atomic E-state index is 12.8. The SMILES string of the molecule is Fc1ccc(OCC2NCCc3sccc32)cc1. The fourth-order valence-electron chi connectivity index (χ4n) is 2.19. The molecule has 94 valence electrons. The Hall–Kier alpha value is -1.39. The first kappa shape index (κ1) is 11.7. The van der Waals surface area contributed by atoms with E-state index in [-0.39, 0.29) is 11.9 Å². The molecule has 1 unspecified atom stereocenters. The fraction of sp³-hybridized carbons (Fsp3) is 0.286. The molecule has 0 saturated carbocycles. The molecular weight excluding hydrogens is 249 g/mol. The van der Waals surface area contributed by atoms with E-state index in [1.165, 1.54) is 22.6 Å². The highest BCUT2D eigenvalue weighted by Crippen LogP contribution is 2.28. The van der Waals surface area contributed by atoms with Crippen LogP contribution in [-0.4, -0.2) is 13.2 Å². The van der Waals surface area contributed by atoms with Crippen LogP contribution in [-0.2, 0) is 6.42 Å². The highest BCUT2D eigenvalue weighted by Gasteiger charge is 2.20. The molecule has 1 aromatic carbocycles. The molecule has 1 aliphatic rings. The van der Waals surface area contributed by atoms with Gasteiger partial charge in [-0.25, -0.2) is 4.39 Å². The molecular formula is C14H14FNOS. The predicted octanol–water partition coefficient (Wildman–Crippen LogP) is 3.15. The summed E-state index contributed by atoms with van der Waals surface area (Å²) in [5, 5.41) is 5.58. The quantitative estimate of drug-likeness (QED) is 0.918. The summed E-state index contributed by atoms with van der Waals surface area (Å²) in [6.45, 7) is 1.57. The monoisotopic (exact) mass is 263 g/mol. The lowest BCUT2D eigenvalue weighted by Crippen LogP contribution is -2.32. The smallest absolute Gasteiger partial charge is 0.123 e. The second-order valence-electron chi connectivity index (χ2n) is 4.32. The van der Waals surface area contributed by atoms with Gasteiger partial charge in [-0.15, -0.1) is 11.3 Å². The molecule has 2 aromatic rings. The van der Waals surface area contributed by atoms with E-state index in [4.69, 9.17) is 4.74 Å². The Kier molecular flexibility index (Phi) is 3.30. The summed E-state index contributed by atoms with van der Waals surface area (Å²) in [5.41, 5.74) is 1.34. The average molecular weight is 263 g/mol. The molecule has 0 amide bonds. The van der Waals surface area contributed by atoms with E-state index in [9.17, 15) is 4.39 Å². The summed E-state index contributed by atoms with van der Waals surface area (Å²) in [6.07, 6.45) is 1.10. The normalized spacial score (nSPS) is 18.4. The number of hydrogen-bond acceptors (Lipinski definition) is 3. The zero-order chi connectivity index (χ0) is 12.4. The lowest BCUT2D eigenvalue weighted by atomic mass is 10.0. The molecule has 3 rings (SSSR count). The number of benzene rings is 1. The molecule has 1 aromatic heterocycles. The minimum Gasteiger partial charge on any atom is -0.492 e. The van der Waals surface area contributed by atoms with Crippen molar-refractivity contribution in [2.45, 2.75) is 12.5 Å². The summed E-state index contributed by atoms with van der Waals surface area (Å²) in [4.78, 5) is 1.45. The molecule has 18 heavy (non-hydrogen) atoms. The van der Waals surface area contributed by atoms with Crippen molar-refractivity contribution < 1.29 is 9.13 Å². The molecule has 1 atom stereocenters. The van der Waals surface area contributed by atoms with Crippen LogP contribution in [0.25, 0.3) is 0 Å². The standard InChI is InChI=1S/C14H14FNOS/c15-10-1-3-11(4-2-10)17-9-13-12-6-8-18-14(12)5-7-16-13/h1-4,6,8,13,16H,5,7,9H2. The van der Waals surface area contributed by atoms with Crippen LogP contribution in [0.15, 0.2) is 35.7 Å². The van der Waals surface area contributed by atoms with Crippen LogP contribution < -0.4 is 10.1 Å². The first-order valence-electron chi connectivity index (χ1n) is 6.01. The van der Waals surface area contributed by atoms with Crippen LogP contribution in [0, 0.1) is 5.82 Å². The minimum atomic E-state index is -0.238. The highest BCUT2D eigenvalue weighted by molar-refractivity contribution is 7.10. The van der Waals surface area contributed by atoms with Gasteiger partial charge < -0.3 is 10.1 Å². The number of ether oxygens (including phenoxy) is 1. The van der Waals surface area contributed by atoms with Gasteiger partial charge in [-0.2, -0.15) is 0 Å². The van der Waals surface area contributed by atoms with E-state index in [0.29, 0.717) is 12.4 Å². The number of nitrogens with one attached hydrogen (secondary N) is 1. The average Bonchev–Trinajstić information content (AvgIpc) is 2.87. The Morgan fingerprint density at radius 2 is 2.11 bits per heavy atom. The largest absolute Gasteiger partial charge is 0.492 e. The van der Waals surface area contributed by atoms with E-state index in [2.05, 4.69) is 16.8 Å². The van der Waals surface area contributed by atoms with Crippen LogP contribution >= 0.6 is 11.3 Å². The van der Waals surface area contributed by atoms with Crippen molar-refractivity contribution in [3.8, 4) is 5.75 Å². The third kappa shape index (κ3) is 2.40. The van der Waals surface area contributed by atoms with Crippen molar-refractivity contribution in [2.24, 2.45) is 0 Å². The lowest BCUT2D eigenvalue weighted by Gasteiger charge is -2.24. The molecule has 0 radical (unpaired) electrons. The predicted molar refractivity (Wildman–Crippen MR) is 70.7 cm³/mol. The van der Waals surface area contributed by atoms with Gasteiger partial charge in [0, 0.05) is 11.4 Å². The molecule has 1 N–H and O–H groups in total. The van der Waals surface area contributed by atoms with Gasteiger partial charge in [-0.05, 0) is 47.7 Å². The van der Waals surface area contributed by atoms with Gasteiger partial charge in [-0.1, -0.05) is 0 Å². The van der Waals surface area contributed by atoms with E-state index >= 15 is 0 Å². The number of rotatable bonds is 3. The summed E-state index contributed by atoms with van der Waals surface area (Å²) >= 11 is 1.81. The first-order valence-corrected chi connectivity index (χ1v) is 6.89. The number of thiophene rings is 1. The maximum absolute atomic E-state index is 12.8. The van der Waals surface area contributed by atoms with Crippen molar-refractivity contribution in [2.75, 3.05) is 13.2 Å². The van der Waals surface area contributed by atoms with Crippen LogP contribution in [0.5, 0.6) is 5.75 Å². The van der Waals surface area contributed by atoms with Crippen molar-refractivity contribution >= 4 is 11.3 Å². The topological polar surface area (TPSA) is 21.3 Å². The Morgan fingerprint density at radius 1 is 1.28 bits per heavy atom. The maximum Gasteiger partial charge on any atom is 0.123 e. The third-order valence-electron chi connectivity index (χ3n) is 3.13. The first-order chi connectivity index (χ1) is 8.83. The Morgan fingerprint density at radius 3 is 2.94 bits per heavy atom. The molecule has 0 fully saturated rings. The van der Waals surface area contributed by atoms with Crippen LogP contribution in [0.1, 0.15) is 16.5 Å². The number of hydrogen-bond donors (Lipinski definition) is 1. The number of halogens is 1. The Labute approximate surface area is 109 Å². The summed E-state index contributed by atoms with van der Waals surface area (Å²) < 4.78 is 18.5. The van der Waals surface area contributed by atoms with E-state index < -0.39 is 0 Å². The van der Waals surface area contributed by atoms with E-state index in [1.807, 2.05) is 11.3 Å². The van der Waals surface area contributed by atoms with Crippen molar-refractivity contribution in [3.63, 3.8) is 0 Å². The Balaban J connectivity index is 1.66. The van der Waals surface area contributed by atoms with Crippen molar-refractivity contribution in [3.05, 3.63) is 52.0 Å². The zero-order valence-corrected chi connectivity index (χ0v) is 10.7. The molecule has 0 spiro atoms. The lowest BCUT2D eigenvalue weighted by molar-refractivity contribution is 0.262. The van der Waals surface area contributed by atoms with Gasteiger partial charge in [0.05, 0.1) is 6.04 Å². The van der Waals surface area contributed by atoms with Crippen molar-refractivity contribution in [1.82, 2.24) is 5.32 Å². The molecule has 2 heterocycles. The molecule has 0 aliphatic carbocycles. The molecule has 2 nitrogen and oxygen atoms in total. The van der Waals surface area contributed by atoms with E-state index in [1.54, 1.807) is 12.1 Å².